The summed E-state index contributed by atoms with van der Waals surface area (Å²) in [5.41, 5.74) is -0.0144. The Morgan fingerprint density at radius 3 is 2.58 bits per heavy atom. The van der Waals surface area contributed by atoms with Crippen LogP contribution in [0.4, 0.5) is 13.2 Å². The van der Waals surface area contributed by atoms with E-state index >= 15 is 0 Å². The number of nitrogens with one attached hydrogen (secondary N) is 1. The van der Waals surface area contributed by atoms with Gasteiger partial charge < -0.3 is 24.4 Å². The van der Waals surface area contributed by atoms with Crippen LogP contribution in [-0.4, -0.2) is 67.4 Å². The van der Waals surface area contributed by atoms with Crippen molar-refractivity contribution in [2.24, 2.45) is 0 Å². The van der Waals surface area contributed by atoms with E-state index in [0.29, 0.717) is 17.3 Å². The number of carbonyl (C=O) groups is 2. The smallest absolute Gasteiger partial charge is 0.406 e. The Morgan fingerprint density at radius 1 is 1.27 bits per heavy atom. The first-order valence-corrected chi connectivity index (χ1v) is 11.3. The normalized spacial score (nSPS) is 22.1. The molecule has 7 nitrogen and oxygen atoms in total. The predicted octanol–water partition coefficient (Wildman–Crippen LogP) is 3.97. The number of fused-ring (bicyclic) bond motifs is 1. The molecule has 1 heterocycles. The van der Waals surface area contributed by atoms with Crippen LogP contribution in [0.5, 0.6) is 11.5 Å². The largest absolute Gasteiger partial charge is 0.489 e. The molecule has 1 aromatic rings. The summed E-state index contributed by atoms with van der Waals surface area (Å²) in [6, 6.07) is 2.83. The molecule has 1 saturated carbocycles. The molecule has 1 aliphatic heterocycles. The number of halogens is 4. The molecule has 2 aliphatic rings. The molecule has 3 rings (SSSR count). The second-order valence-corrected chi connectivity index (χ2v) is 8.77. The number of carbonyl (C=O) groups excluding carboxylic acids is 2. The van der Waals surface area contributed by atoms with Crippen LogP contribution in [0.25, 0.3) is 0 Å². The van der Waals surface area contributed by atoms with Gasteiger partial charge in [0.15, 0.2) is 5.75 Å². The van der Waals surface area contributed by atoms with Crippen molar-refractivity contribution < 1.29 is 37.0 Å². The fourth-order valence-corrected chi connectivity index (χ4v) is 4.26. The molecular formula is C22H28ClF3N2O5. The zero-order chi connectivity index (χ0) is 24.2. The van der Waals surface area contributed by atoms with Crippen molar-refractivity contribution in [2.75, 3.05) is 26.3 Å². The van der Waals surface area contributed by atoms with E-state index < -0.39 is 18.6 Å². The third-order valence-corrected chi connectivity index (χ3v) is 5.86. The fraction of sp³-hybridized carbons (Fsp3) is 0.636. The summed E-state index contributed by atoms with van der Waals surface area (Å²) in [6.07, 6.45) is -1.53. The van der Waals surface area contributed by atoms with Gasteiger partial charge in [-0.05, 0) is 44.7 Å². The van der Waals surface area contributed by atoms with Crippen molar-refractivity contribution in [1.82, 2.24) is 10.2 Å². The molecule has 11 heteroatoms. The van der Waals surface area contributed by atoms with Crippen LogP contribution in [0.3, 0.4) is 0 Å². The van der Waals surface area contributed by atoms with Gasteiger partial charge in [0.05, 0.1) is 30.9 Å². The number of rotatable bonds is 7. The van der Waals surface area contributed by atoms with Crippen LogP contribution in [0.15, 0.2) is 12.1 Å². The minimum atomic E-state index is -4.50. The molecule has 0 radical (unpaired) electrons. The molecule has 1 aliphatic carbocycles. The molecule has 1 aromatic carbocycles. The van der Waals surface area contributed by atoms with Crippen LogP contribution >= 0.6 is 11.6 Å². The maximum Gasteiger partial charge on any atom is 0.406 e. The fourth-order valence-electron chi connectivity index (χ4n) is 4.00. The Balaban J connectivity index is 1.57. The third kappa shape index (κ3) is 7.14. The number of benzene rings is 1. The van der Waals surface area contributed by atoms with Gasteiger partial charge in [-0.2, -0.15) is 13.2 Å². The molecule has 0 bridgehead atoms. The molecule has 184 valence electrons. The summed E-state index contributed by atoms with van der Waals surface area (Å²) in [5.74, 6) is -0.497. The summed E-state index contributed by atoms with van der Waals surface area (Å²) < 4.78 is 55.8. The van der Waals surface area contributed by atoms with Crippen molar-refractivity contribution in [3.8, 4) is 11.5 Å². The number of nitrogens with zero attached hydrogens (tertiary/aromatic N) is 1. The summed E-state index contributed by atoms with van der Waals surface area (Å²) in [5, 5.41) is 2.86. The quantitative estimate of drug-likeness (QED) is 0.623. The highest BCUT2D eigenvalue weighted by atomic mass is 35.5. The number of ether oxygens (including phenoxy) is 3. The summed E-state index contributed by atoms with van der Waals surface area (Å²) in [6.45, 7) is 2.14. The van der Waals surface area contributed by atoms with Gasteiger partial charge >= 0.3 is 6.18 Å². The second kappa shape index (κ2) is 10.8. The van der Waals surface area contributed by atoms with Crippen molar-refractivity contribution in [1.29, 1.82) is 0 Å². The van der Waals surface area contributed by atoms with E-state index in [1.807, 2.05) is 6.92 Å². The molecule has 2 amide bonds. The lowest BCUT2D eigenvalue weighted by Crippen LogP contribution is -2.39. The highest BCUT2D eigenvalue weighted by molar-refractivity contribution is 6.34. The Kier molecular flexibility index (Phi) is 8.33. The monoisotopic (exact) mass is 492 g/mol. The average molecular weight is 493 g/mol. The van der Waals surface area contributed by atoms with Gasteiger partial charge in [0, 0.05) is 13.0 Å². The van der Waals surface area contributed by atoms with Crippen molar-refractivity contribution in [2.45, 2.75) is 64.0 Å². The molecule has 0 spiro atoms. The van der Waals surface area contributed by atoms with Crippen LogP contribution in [0.1, 0.15) is 49.9 Å². The molecule has 1 atom stereocenters. The van der Waals surface area contributed by atoms with Crippen molar-refractivity contribution >= 4 is 23.4 Å². The van der Waals surface area contributed by atoms with Gasteiger partial charge in [-0.15, -0.1) is 0 Å². The van der Waals surface area contributed by atoms with E-state index in [1.54, 1.807) is 0 Å². The van der Waals surface area contributed by atoms with Gasteiger partial charge in [0.2, 0.25) is 5.91 Å². The number of hydrogen-bond acceptors (Lipinski definition) is 5. The third-order valence-electron chi connectivity index (χ3n) is 5.50. The second-order valence-electron chi connectivity index (χ2n) is 8.40. The first-order chi connectivity index (χ1) is 15.5. The number of hydrogen-bond donors (Lipinski definition) is 1. The molecule has 0 unspecified atom stereocenters. The summed E-state index contributed by atoms with van der Waals surface area (Å²) in [7, 11) is 0. The van der Waals surface area contributed by atoms with Crippen LogP contribution in [0.2, 0.25) is 5.02 Å². The van der Waals surface area contributed by atoms with Gasteiger partial charge in [-0.25, -0.2) is 0 Å². The van der Waals surface area contributed by atoms with Gasteiger partial charge in [-0.1, -0.05) is 11.6 Å². The highest BCUT2D eigenvalue weighted by Gasteiger charge is 2.36. The van der Waals surface area contributed by atoms with Crippen LogP contribution in [0, 0.1) is 0 Å². The van der Waals surface area contributed by atoms with Crippen molar-refractivity contribution in [3.05, 3.63) is 22.7 Å². The van der Waals surface area contributed by atoms with Crippen molar-refractivity contribution in [3.63, 3.8) is 0 Å². The minimum Gasteiger partial charge on any atom is -0.489 e. The molecule has 33 heavy (non-hydrogen) atoms. The van der Waals surface area contributed by atoms with Gasteiger partial charge in [-0.3, -0.25) is 9.59 Å². The number of alkyl halides is 3. The zero-order valence-corrected chi connectivity index (χ0v) is 19.3. The van der Waals surface area contributed by atoms with E-state index in [4.69, 9.17) is 25.8 Å². The number of amides is 2. The summed E-state index contributed by atoms with van der Waals surface area (Å²) >= 11 is 6.42. The Bertz CT molecular complexity index is 859. The average Bonchev–Trinajstić information content (AvgIpc) is 2.87. The Morgan fingerprint density at radius 2 is 1.94 bits per heavy atom. The van der Waals surface area contributed by atoms with Crippen LogP contribution < -0.4 is 14.8 Å². The zero-order valence-electron chi connectivity index (χ0n) is 18.5. The summed E-state index contributed by atoms with van der Waals surface area (Å²) in [4.78, 5) is 24.4. The SMILES string of the molecule is CC(=O)N[C@@H](C)COC1CCC(Oc2ccc3c(c2Cl)OCCN(CC(F)(F)F)C3=O)CC1. The van der Waals surface area contributed by atoms with E-state index in [0.717, 1.165) is 25.7 Å². The maximum absolute atomic E-state index is 12.8. The van der Waals surface area contributed by atoms with E-state index in [9.17, 15) is 22.8 Å². The molecule has 1 fully saturated rings. The Hall–Kier alpha value is -2.20. The predicted molar refractivity (Wildman–Crippen MR) is 115 cm³/mol. The van der Waals surface area contributed by atoms with E-state index in [2.05, 4.69) is 5.32 Å². The first-order valence-electron chi connectivity index (χ1n) is 10.9. The standard InChI is InChI=1S/C22H28ClF3N2O5/c1-13(27-14(2)29)11-32-15-3-5-16(6-4-15)33-18-8-7-17-20(19(18)23)31-10-9-28(21(17)30)12-22(24,25)26/h7-8,13,15-16H,3-6,9-12H2,1-2H3,(H,27,29)/t13-,15?,16?/m0/s1. The van der Waals surface area contributed by atoms with Gasteiger partial charge in [0.25, 0.3) is 5.91 Å². The lowest BCUT2D eigenvalue weighted by Gasteiger charge is -2.30. The van der Waals surface area contributed by atoms with Crippen LogP contribution in [-0.2, 0) is 9.53 Å². The minimum absolute atomic E-state index is 0.0144. The molecular weight excluding hydrogens is 465 g/mol. The topological polar surface area (TPSA) is 77.1 Å². The molecule has 0 saturated heterocycles. The Labute approximate surface area is 195 Å². The van der Waals surface area contributed by atoms with Gasteiger partial charge in [0.1, 0.15) is 23.9 Å². The molecule has 1 N–H and O–H groups in total. The lowest BCUT2D eigenvalue weighted by atomic mass is 9.95. The lowest BCUT2D eigenvalue weighted by molar-refractivity contribution is -0.141. The molecule has 0 aromatic heterocycles. The van der Waals surface area contributed by atoms with E-state index in [-0.39, 0.29) is 53.6 Å². The maximum atomic E-state index is 12.8. The van der Waals surface area contributed by atoms with E-state index in [1.165, 1.54) is 19.1 Å². The first kappa shape index (κ1) is 25.4. The highest BCUT2D eigenvalue weighted by Crippen LogP contribution is 2.40.